The zero-order valence-corrected chi connectivity index (χ0v) is 12.3. The van der Waals surface area contributed by atoms with Gasteiger partial charge in [0, 0.05) is 36.2 Å². The predicted octanol–water partition coefficient (Wildman–Crippen LogP) is 3.22. The van der Waals surface area contributed by atoms with Crippen LogP contribution in [0.15, 0.2) is 17.1 Å². The fraction of sp³-hybridized carbons (Fsp3) is 0.692. The minimum atomic E-state index is -3.46. The van der Waals surface area contributed by atoms with Crippen molar-refractivity contribution in [2.45, 2.75) is 45.1 Å². The van der Waals surface area contributed by atoms with Crippen molar-refractivity contribution < 1.29 is 21.9 Å². The number of imidazole rings is 1. The molecule has 0 bridgehead atoms. The minimum absolute atomic E-state index is 0.112. The summed E-state index contributed by atoms with van der Waals surface area (Å²) in [4.78, 5) is 16.1. The Balaban J connectivity index is 2.78. The maximum absolute atomic E-state index is 12.6. The quantitative estimate of drug-likeness (QED) is 0.789. The van der Waals surface area contributed by atoms with Crippen molar-refractivity contribution in [3.05, 3.63) is 17.1 Å². The summed E-state index contributed by atoms with van der Waals surface area (Å²) in [5, 5.41) is 0. The van der Waals surface area contributed by atoms with Crippen LogP contribution in [0.3, 0.4) is 0 Å². The van der Waals surface area contributed by atoms with Crippen LogP contribution in [0.25, 0.3) is 0 Å². The first-order valence-electron chi connectivity index (χ1n) is 9.98. The SMILES string of the molecule is [2H]C1([2H])N(C(=O)OC(C)(C)C)C([2H])([2H])C([2H])([2H])C([2H])(n2cnc(Br)c2)C1([2H])[2H]. The molecule has 1 saturated heterocycles. The van der Waals surface area contributed by atoms with E-state index < -0.39 is 43.5 Å². The van der Waals surface area contributed by atoms with Gasteiger partial charge in [-0.15, -0.1) is 0 Å². The van der Waals surface area contributed by atoms with Crippen LogP contribution in [0.4, 0.5) is 4.79 Å². The van der Waals surface area contributed by atoms with Crippen molar-refractivity contribution >= 4 is 22.0 Å². The normalized spacial score (nSPS) is 36.8. The highest BCUT2D eigenvalue weighted by molar-refractivity contribution is 9.10. The van der Waals surface area contributed by atoms with Crippen LogP contribution in [0, 0.1) is 0 Å². The Morgan fingerprint density at radius 1 is 1.58 bits per heavy atom. The Morgan fingerprint density at radius 2 is 2.21 bits per heavy atom. The maximum Gasteiger partial charge on any atom is 0.410 e. The van der Waals surface area contributed by atoms with E-state index in [1.54, 1.807) is 0 Å². The molecule has 0 atom stereocenters. The summed E-state index contributed by atoms with van der Waals surface area (Å²) in [6.45, 7) is -2.57. The van der Waals surface area contributed by atoms with E-state index in [2.05, 4.69) is 20.9 Å². The summed E-state index contributed by atoms with van der Waals surface area (Å²) in [5.41, 5.74) is -1.17. The number of carbonyl (C=O) groups excluding carboxylic acids is 1. The van der Waals surface area contributed by atoms with Gasteiger partial charge in [0.05, 0.1) is 7.70 Å². The average molecular weight is 339 g/mol. The lowest BCUT2D eigenvalue weighted by Crippen LogP contribution is -2.42. The van der Waals surface area contributed by atoms with Gasteiger partial charge < -0.3 is 14.2 Å². The van der Waals surface area contributed by atoms with E-state index in [4.69, 9.17) is 17.1 Å². The summed E-state index contributed by atoms with van der Waals surface area (Å²) < 4.78 is 80.4. The number of rotatable bonds is 1. The number of nitrogens with zero attached hydrogens (tertiary/aromatic N) is 3. The van der Waals surface area contributed by atoms with Gasteiger partial charge in [0.15, 0.2) is 0 Å². The number of halogens is 1. The van der Waals surface area contributed by atoms with Crippen LogP contribution >= 0.6 is 15.9 Å². The molecule has 0 N–H and O–H groups in total. The second-order valence-electron chi connectivity index (χ2n) is 4.74. The van der Waals surface area contributed by atoms with Gasteiger partial charge in [0.25, 0.3) is 0 Å². The molecule has 1 aromatic heterocycles. The Labute approximate surface area is 134 Å². The van der Waals surface area contributed by atoms with E-state index in [-0.39, 0.29) is 9.50 Å². The monoisotopic (exact) mass is 338 g/mol. The largest absolute Gasteiger partial charge is 0.444 e. The van der Waals surface area contributed by atoms with Gasteiger partial charge in [-0.1, -0.05) is 0 Å². The van der Waals surface area contributed by atoms with Gasteiger partial charge in [-0.2, -0.15) is 0 Å². The fourth-order valence-corrected chi connectivity index (χ4v) is 1.54. The molecular weight excluding hydrogens is 310 g/mol. The third kappa shape index (κ3) is 3.96. The summed E-state index contributed by atoms with van der Waals surface area (Å²) in [5.74, 6) is 0. The Bertz CT molecular complexity index is 762. The second-order valence-corrected chi connectivity index (χ2v) is 5.55. The number of hydrogen-bond donors (Lipinski definition) is 0. The molecule has 1 aromatic rings. The molecule has 106 valence electrons. The molecular formula is C13H20BrN3O2. The van der Waals surface area contributed by atoms with Crippen molar-refractivity contribution in [2.75, 3.05) is 13.0 Å². The van der Waals surface area contributed by atoms with Crippen LogP contribution in [-0.4, -0.2) is 39.1 Å². The average Bonchev–Trinajstić information content (AvgIpc) is 2.88. The van der Waals surface area contributed by atoms with Gasteiger partial charge in [-0.3, -0.25) is 0 Å². The Morgan fingerprint density at radius 3 is 2.68 bits per heavy atom. The van der Waals surface area contributed by atoms with E-state index in [9.17, 15) is 4.79 Å². The molecule has 0 saturated carbocycles. The molecule has 2 heterocycles. The van der Waals surface area contributed by atoms with E-state index in [0.717, 1.165) is 12.5 Å². The van der Waals surface area contributed by atoms with Crippen molar-refractivity contribution in [3.63, 3.8) is 0 Å². The first-order valence-corrected chi connectivity index (χ1v) is 6.28. The lowest BCUT2D eigenvalue weighted by molar-refractivity contribution is 0.0188. The topological polar surface area (TPSA) is 47.4 Å². The maximum atomic E-state index is 12.6. The first kappa shape index (κ1) is 6.61. The molecule has 1 aliphatic heterocycles. The predicted molar refractivity (Wildman–Crippen MR) is 76.0 cm³/mol. The van der Waals surface area contributed by atoms with Gasteiger partial charge in [-0.05, 0) is 49.4 Å². The van der Waals surface area contributed by atoms with E-state index in [0.29, 0.717) is 4.57 Å². The van der Waals surface area contributed by atoms with Gasteiger partial charge in [0.2, 0.25) is 0 Å². The van der Waals surface area contributed by atoms with Gasteiger partial charge in [0.1, 0.15) is 10.2 Å². The number of hydrogen-bond acceptors (Lipinski definition) is 3. The van der Waals surface area contributed by atoms with Gasteiger partial charge >= 0.3 is 6.09 Å². The molecule has 19 heavy (non-hydrogen) atoms. The number of carbonyl (C=O) groups is 1. The van der Waals surface area contributed by atoms with Crippen molar-refractivity contribution in [3.8, 4) is 0 Å². The minimum Gasteiger partial charge on any atom is -0.444 e. The molecule has 0 unspecified atom stereocenters. The van der Waals surface area contributed by atoms with Crippen LogP contribution in [0.1, 0.15) is 51.9 Å². The van der Waals surface area contributed by atoms with Crippen molar-refractivity contribution in [1.82, 2.24) is 14.5 Å². The lowest BCUT2D eigenvalue weighted by Gasteiger charge is -2.33. The zero-order valence-electron chi connectivity index (χ0n) is 19.7. The lowest BCUT2D eigenvalue weighted by atomic mass is 10.1. The number of aromatic nitrogens is 2. The number of likely N-dealkylation sites (tertiary alicyclic amines) is 1. The Kier molecular flexibility index (Phi) is 1.92. The summed E-state index contributed by atoms with van der Waals surface area (Å²) in [7, 11) is 0. The number of amides is 1. The standard InChI is InChI=1S/C13H20BrN3O2/c1-13(2,3)19-12(18)16-6-4-10(5-7-16)17-8-11(14)15-9-17/h8-10H,4-7H2,1-3H3/i4D2,5D2,6D2,7D2,10D. The van der Waals surface area contributed by atoms with E-state index >= 15 is 0 Å². The molecule has 1 amide bonds. The Hall–Kier alpha value is -1.04. The van der Waals surface area contributed by atoms with Crippen LogP contribution in [-0.2, 0) is 4.74 Å². The smallest absolute Gasteiger partial charge is 0.410 e. The first-order chi connectivity index (χ1) is 12.2. The molecule has 0 aromatic carbocycles. The zero-order chi connectivity index (χ0) is 22.1. The third-order valence-electron chi connectivity index (χ3n) is 1.96. The number of ether oxygens (including phenoxy) is 1. The highest BCUT2D eigenvalue weighted by Crippen LogP contribution is 2.24. The molecule has 1 fully saturated rings. The summed E-state index contributed by atoms with van der Waals surface area (Å²) in [6.07, 6.45) is -6.50. The highest BCUT2D eigenvalue weighted by Gasteiger charge is 2.27. The summed E-state index contributed by atoms with van der Waals surface area (Å²) in [6, 6.07) is -3.16. The molecule has 0 radical (unpaired) electrons. The summed E-state index contributed by atoms with van der Waals surface area (Å²) >= 11 is 2.99. The molecule has 1 aliphatic rings. The molecule has 0 spiro atoms. The van der Waals surface area contributed by atoms with Crippen LogP contribution in [0.2, 0.25) is 0 Å². The molecule has 5 nitrogen and oxygen atoms in total. The molecule has 0 aliphatic carbocycles. The molecule has 6 heteroatoms. The van der Waals surface area contributed by atoms with E-state index in [1.165, 1.54) is 20.8 Å². The van der Waals surface area contributed by atoms with Crippen molar-refractivity contribution in [1.29, 1.82) is 0 Å². The number of piperidine rings is 1. The van der Waals surface area contributed by atoms with Gasteiger partial charge in [-0.25, -0.2) is 9.78 Å². The van der Waals surface area contributed by atoms with Crippen LogP contribution < -0.4 is 0 Å². The second kappa shape index (κ2) is 5.53. The highest BCUT2D eigenvalue weighted by atomic mass is 79.9. The molecule has 2 rings (SSSR count). The fourth-order valence-electron chi connectivity index (χ4n) is 1.23. The van der Waals surface area contributed by atoms with E-state index in [1.807, 2.05) is 0 Å². The van der Waals surface area contributed by atoms with Crippen LogP contribution in [0.5, 0.6) is 0 Å². The van der Waals surface area contributed by atoms with Crippen molar-refractivity contribution in [2.24, 2.45) is 0 Å². The third-order valence-corrected chi connectivity index (χ3v) is 2.37.